The summed E-state index contributed by atoms with van der Waals surface area (Å²) < 4.78 is 0. The smallest absolute Gasteiger partial charge is 0.270 e. The predicted octanol–water partition coefficient (Wildman–Crippen LogP) is 3.22. The van der Waals surface area contributed by atoms with E-state index in [1.165, 1.54) is 18.5 Å². The molecule has 104 valence electrons. The van der Waals surface area contributed by atoms with Gasteiger partial charge in [0.2, 0.25) is 0 Å². The average molecular weight is 272 g/mol. The van der Waals surface area contributed by atoms with Gasteiger partial charge in [0.15, 0.2) is 0 Å². The molecule has 0 aliphatic carbocycles. The quantitative estimate of drug-likeness (QED) is 0.682. The minimum absolute atomic E-state index is 0.0572. The summed E-state index contributed by atoms with van der Waals surface area (Å²) in [5.41, 5.74) is 2.46. The summed E-state index contributed by atoms with van der Waals surface area (Å²) in [5.74, 6) is 0.949. The standard InChI is InChI=1S/C14H16N4O2/c1-9(2)12-13(16-8-17-14(12)15-3)10-5-4-6-11(7-10)18(19)20/h4-9H,1-3H3,(H,15,16,17). The van der Waals surface area contributed by atoms with Crippen molar-refractivity contribution in [3.05, 3.63) is 46.3 Å². The molecule has 2 aromatic rings. The van der Waals surface area contributed by atoms with Crippen LogP contribution in [0.1, 0.15) is 25.3 Å². The second kappa shape index (κ2) is 5.64. The van der Waals surface area contributed by atoms with Gasteiger partial charge in [-0.15, -0.1) is 0 Å². The molecule has 0 saturated carbocycles. The van der Waals surface area contributed by atoms with E-state index in [4.69, 9.17) is 0 Å². The molecule has 1 aromatic heterocycles. The number of benzene rings is 1. The lowest BCUT2D eigenvalue weighted by atomic mass is 9.97. The fourth-order valence-electron chi connectivity index (χ4n) is 2.14. The zero-order valence-corrected chi connectivity index (χ0v) is 11.6. The van der Waals surface area contributed by atoms with Gasteiger partial charge in [-0.05, 0) is 5.92 Å². The van der Waals surface area contributed by atoms with Gasteiger partial charge in [-0.25, -0.2) is 9.97 Å². The van der Waals surface area contributed by atoms with Crippen LogP contribution in [0, 0.1) is 10.1 Å². The molecule has 0 fully saturated rings. The van der Waals surface area contributed by atoms with Gasteiger partial charge < -0.3 is 5.32 Å². The van der Waals surface area contributed by atoms with E-state index < -0.39 is 4.92 Å². The Bertz CT molecular complexity index is 641. The molecule has 0 aliphatic rings. The molecule has 2 rings (SSSR count). The predicted molar refractivity (Wildman–Crippen MR) is 77.8 cm³/mol. The van der Waals surface area contributed by atoms with Crippen molar-refractivity contribution in [2.45, 2.75) is 19.8 Å². The van der Waals surface area contributed by atoms with Crippen molar-refractivity contribution in [2.75, 3.05) is 12.4 Å². The molecular weight excluding hydrogens is 256 g/mol. The number of nitrogens with one attached hydrogen (secondary N) is 1. The molecule has 0 radical (unpaired) electrons. The van der Waals surface area contributed by atoms with Crippen molar-refractivity contribution < 1.29 is 4.92 Å². The maximum atomic E-state index is 10.9. The highest BCUT2D eigenvalue weighted by molar-refractivity contribution is 5.70. The van der Waals surface area contributed by atoms with Gasteiger partial charge in [0, 0.05) is 30.3 Å². The highest BCUT2D eigenvalue weighted by Gasteiger charge is 2.17. The van der Waals surface area contributed by atoms with E-state index in [1.54, 1.807) is 13.1 Å². The zero-order chi connectivity index (χ0) is 14.7. The summed E-state index contributed by atoms with van der Waals surface area (Å²) >= 11 is 0. The number of aromatic nitrogens is 2. The highest BCUT2D eigenvalue weighted by Crippen LogP contribution is 2.32. The molecule has 1 heterocycles. The largest absolute Gasteiger partial charge is 0.373 e. The Kier molecular flexibility index (Phi) is 3.93. The number of anilines is 1. The van der Waals surface area contributed by atoms with Crippen LogP contribution < -0.4 is 5.32 Å². The first-order valence-corrected chi connectivity index (χ1v) is 6.32. The van der Waals surface area contributed by atoms with Crippen molar-refractivity contribution >= 4 is 11.5 Å². The monoisotopic (exact) mass is 272 g/mol. The minimum Gasteiger partial charge on any atom is -0.373 e. The first-order valence-electron chi connectivity index (χ1n) is 6.32. The Hall–Kier alpha value is -2.50. The summed E-state index contributed by atoms with van der Waals surface area (Å²) in [7, 11) is 1.80. The molecule has 20 heavy (non-hydrogen) atoms. The van der Waals surface area contributed by atoms with Crippen LogP contribution in [0.15, 0.2) is 30.6 Å². The molecule has 0 unspecified atom stereocenters. The van der Waals surface area contributed by atoms with E-state index in [2.05, 4.69) is 15.3 Å². The van der Waals surface area contributed by atoms with E-state index in [0.29, 0.717) is 0 Å². The second-order valence-corrected chi connectivity index (χ2v) is 4.70. The molecule has 1 aromatic carbocycles. The van der Waals surface area contributed by atoms with Gasteiger partial charge in [-0.2, -0.15) is 0 Å². The van der Waals surface area contributed by atoms with E-state index in [0.717, 1.165) is 22.6 Å². The third-order valence-electron chi connectivity index (χ3n) is 3.03. The second-order valence-electron chi connectivity index (χ2n) is 4.70. The van der Waals surface area contributed by atoms with Crippen molar-refractivity contribution in [2.24, 2.45) is 0 Å². The Balaban J connectivity index is 2.63. The third-order valence-corrected chi connectivity index (χ3v) is 3.03. The van der Waals surface area contributed by atoms with Crippen LogP contribution in [0.5, 0.6) is 0 Å². The summed E-state index contributed by atoms with van der Waals surface area (Å²) in [6.45, 7) is 4.08. The van der Waals surface area contributed by atoms with E-state index in [9.17, 15) is 10.1 Å². The number of hydrogen-bond donors (Lipinski definition) is 1. The summed E-state index contributed by atoms with van der Waals surface area (Å²) in [4.78, 5) is 19.0. The Labute approximate surface area is 117 Å². The van der Waals surface area contributed by atoms with Crippen molar-refractivity contribution in [3.8, 4) is 11.3 Å². The fraction of sp³-hybridized carbons (Fsp3) is 0.286. The molecule has 0 spiro atoms. The first-order chi connectivity index (χ1) is 9.54. The molecule has 0 aliphatic heterocycles. The van der Waals surface area contributed by atoms with Crippen molar-refractivity contribution in [3.63, 3.8) is 0 Å². The van der Waals surface area contributed by atoms with Gasteiger partial charge in [0.25, 0.3) is 5.69 Å². The van der Waals surface area contributed by atoms with Crippen LogP contribution in [-0.4, -0.2) is 21.9 Å². The molecule has 0 amide bonds. The molecule has 0 atom stereocenters. The number of nitro groups is 1. The molecule has 6 nitrogen and oxygen atoms in total. The minimum atomic E-state index is -0.404. The summed E-state index contributed by atoms with van der Waals surface area (Å²) in [5, 5.41) is 13.9. The average Bonchev–Trinajstić information content (AvgIpc) is 2.46. The molecule has 0 saturated heterocycles. The van der Waals surface area contributed by atoms with Gasteiger partial charge >= 0.3 is 0 Å². The molecule has 0 bridgehead atoms. The Morgan fingerprint density at radius 3 is 2.65 bits per heavy atom. The lowest BCUT2D eigenvalue weighted by Gasteiger charge is -2.15. The zero-order valence-electron chi connectivity index (χ0n) is 11.6. The van der Waals surface area contributed by atoms with Crippen molar-refractivity contribution in [1.82, 2.24) is 9.97 Å². The number of nitro benzene ring substituents is 1. The number of hydrogen-bond acceptors (Lipinski definition) is 5. The maximum Gasteiger partial charge on any atom is 0.270 e. The lowest BCUT2D eigenvalue weighted by Crippen LogP contribution is -2.04. The van der Waals surface area contributed by atoms with E-state index in [1.807, 2.05) is 19.9 Å². The van der Waals surface area contributed by atoms with Crippen LogP contribution in [0.2, 0.25) is 0 Å². The van der Waals surface area contributed by atoms with Crippen LogP contribution in [0.4, 0.5) is 11.5 Å². The highest BCUT2D eigenvalue weighted by atomic mass is 16.6. The summed E-state index contributed by atoms with van der Waals surface area (Å²) in [6, 6.07) is 6.49. The number of nitrogens with zero attached hydrogens (tertiary/aromatic N) is 3. The normalized spacial score (nSPS) is 10.6. The van der Waals surface area contributed by atoms with E-state index >= 15 is 0 Å². The number of rotatable bonds is 4. The Morgan fingerprint density at radius 2 is 2.05 bits per heavy atom. The van der Waals surface area contributed by atoms with Gasteiger partial charge in [0.1, 0.15) is 12.1 Å². The maximum absolute atomic E-state index is 10.9. The Morgan fingerprint density at radius 1 is 1.30 bits per heavy atom. The van der Waals surface area contributed by atoms with Crippen molar-refractivity contribution in [1.29, 1.82) is 0 Å². The van der Waals surface area contributed by atoms with Crippen LogP contribution in [0.25, 0.3) is 11.3 Å². The van der Waals surface area contributed by atoms with E-state index in [-0.39, 0.29) is 11.6 Å². The van der Waals surface area contributed by atoms with Crippen LogP contribution in [-0.2, 0) is 0 Å². The lowest BCUT2D eigenvalue weighted by molar-refractivity contribution is -0.384. The van der Waals surface area contributed by atoms with Gasteiger partial charge in [-0.1, -0.05) is 26.0 Å². The van der Waals surface area contributed by atoms with Crippen LogP contribution >= 0.6 is 0 Å². The van der Waals surface area contributed by atoms with Crippen LogP contribution in [0.3, 0.4) is 0 Å². The molecular formula is C14H16N4O2. The SMILES string of the molecule is CNc1ncnc(-c2cccc([N+](=O)[O-])c2)c1C(C)C. The fourth-order valence-corrected chi connectivity index (χ4v) is 2.14. The molecule has 6 heteroatoms. The summed E-state index contributed by atoms with van der Waals surface area (Å²) in [6.07, 6.45) is 1.46. The molecule has 1 N–H and O–H groups in total. The number of non-ortho nitro benzene ring substituents is 1. The topological polar surface area (TPSA) is 81.0 Å². The van der Waals surface area contributed by atoms with Gasteiger partial charge in [-0.3, -0.25) is 10.1 Å². The first kappa shape index (κ1) is 13.9. The third kappa shape index (κ3) is 2.59. The van der Waals surface area contributed by atoms with Gasteiger partial charge in [0.05, 0.1) is 10.6 Å².